The van der Waals surface area contributed by atoms with E-state index in [0.29, 0.717) is 19.8 Å². The van der Waals surface area contributed by atoms with Gasteiger partial charge in [-0.3, -0.25) is 4.79 Å². The van der Waals surface area contributed by atoms with Gasteiger partial charge in [0.05, 0.1) is 47.7 Å². The first-order valence-corrected chi connectivity index (χ1v) is 12.9. The Balaban J connectivity index is 1.33. The highest BCUT2D eigenvalue weighted by Gasteiger charge is 2.34. The molecule has 5 heterocycles. The van der Waals surface area contributed by atoms with Crippen LogP contribution < -0.4 is 10.2 Å². The normalized spacial score (nSPS) is 20.3. The summed E-state index contributed by atoms with van der Waals surface area (Å²) in [6.45, 7) is 4.01. The second-order valence-electron chi connectivity index (χ2n) is 9.59. The molecule has 4 aromatic heterocycles. The first-order chi connectivity index (χ1) is 17.0. The monoisotopic (exact) mass is 491 g/mol. The number of carbonyl (C=O) groups excluding carboxylic acids is 1. The van der Waals surface area contributed by atoms with Crippen LogP contribution in [0.2, 0.25) is 0 Å². The summed E-state index contributed by atoms with van der Waals surface area (Å²) in [6.07, 6.45) is 7.91. The summed E-state index contributed by atoms with van der Waals surface area (Å²) in [4.78, 5) is 28.8. The predicted molar refractivity (Wildman–Crippen MR) is 138 cm³/mol. The zero-order chi connectivity index (χ0) is 24.1. The maximum Gasteiger partial charge on any atom is 0.226 e. The lowest BCUT2D eigenvalue weighted by Crippen LogP contribution is -2.50. The largest absolute Gasteiger partial charge is 0.377 e. The molecule has 1 aliphatic heterocycles. The minimum absolute atomic E-state index is 0.0186. The van der Waals surface area contributed by atoms with Gasteiger partial charge >= 0.3 is 0 Å². The number of thiophene rings is 1. The van der Waals surface area contributed by atoms with Crippen LogP contribution in [0, 0.1) is 5.92 Å². The number of ether oxygens (including phenoxy) is 1. The predicted octanol–water partition coefficient (Wildman–Crippen LogP) is 3.50. The summed E-state index contributed by atoms with van der Waals surface area (Å²) in [7, 11) is 4.04. The number of hydrogen-bond acceptors (Lipinski definition) is 8. The van der Waals surface area contributed by atoms with Crippen LogP contribution >= 0.6 is 11.3 Å². The zero-order valence-electron chi connectivity index (χ0n) is 20.2. The second kappa shape index (κ2) is 8.76. The van der Waals surface area contributed by atoms with Gasteiger partial charge in [-0.2, -0.15) is 5.10 Å². The van der Waals surface area contributed by atoms with Crippen LogP contribution in [0.5, 0.6) is 0 Å². The van der Waals surface area contributed by atoms with E-state index < -0.39 is 0 Å². The summed E-state index contributed by atoms with van der Waals surface area (Å²) < 4.78 is 7.40. The molecular weight excluding hydrogens is 462 g/mol. The SMILES string of the molecule is C[C@@H]1COCCN1C(=O)[C@H]1CCc2c(sc3ncnc(Nc4cc5ccnn5cc4N(C)C)c23)C1. The summed E-state index contributed by atoms with van der Waals surface area (Å²) >= 11 is 1.70. The van der Waals surface area contributed by atoms with E-state index >= 15 is 0 Å². The Morgan fingerprint density at radius 2 is 2.20 bits per heavy atom. The Morgan fingerprint density at radius 1 is 1.31 bits per heavy atom. The molecule has 0 unspecified atom stereocenters. The van der Waals surface area contributed by atoms with Crippen LogP contribution in [-0.2, 0) is 22.4 Å². The number of carbonyl (C=O) groups is 1. The van der Waals surface area contributed by atoms with Crippen molar-refractivity contribution in [3.63, 3.8) is 0 Å². The van der Waals surface area contributed by atoms with E-state index in [9.17, 15) is 4.79 Å². The Hall–Kier alpha value is -3.24. The van der Waals surface area contributed by atoms with Gasteiger partial charge in [-0.05, 0) is 43.9 Å². The van der Waals surface area contributed by atoms with Crippen molar-refractivity contribution in [3.8, 4) is 0 Å². The van der Waals surface area contributed by atoms with E-state index in [-0.39, 0.29) is 17.9 Å². The van der Waals surface area contributed by atoms with Crippen molar-refractivity contribution >= 4 is 50.2 Å². The molecule has 4 aromatic rings. The summed E-state index contributed by atoms with van der Waals surface area (Å²) in [6, 6.07) is 4.22. The van der Waals surface area contributed by atoms with Gasteiger partial charge in [0.1, 0.15) is 17.0 Å². The Kier molecular flexibility index (Phi) is 5.57. The van der Waals surface area contributed by atoms with Crippen LogP contribution in [0.15, 0.2) is 30.9 Å². The van der Waals surface area contributed by atoms with Crippen LogP contribution in [-0.4, -0.2) is 70.3 Å². The van der Waals surface area contributed by atoms with Crippen molar-refractivity contribution < 1.29 is 9.53 Å². The molecule has 182 valence electrons. The molecule has 1 saturated heterocycles. The topological polar surface area (TPSA) is 87.9 Å². The molecule has 9 nitrogen and oxygen atoms in total. The van der Waals surface area contributed by atoms with Gasteiger partial charge < -0.3 is 19.9 Å². The van der Waals surface area contributed by atoms with Gasteiger partial charge in [0.15, 0.2) is 0 Å². The fourth-order valence-corrected chi connectivity index (χ4v) is 6.51. The highest BCUT2D eigenvalue weighted by atomic mass is 32.1. The number of nitrogens with one attached hydrogen (secondary N) is 1. The minimum atomic E-state index is 0.0186. The molecule has 1 aliphatic carbocycles. The summed E-state index contributed by atoms with van der Waals surface area (Å²) in [5, 5.41) is 9.04. The van der Waals surface area contributed by atoms with Crippen molar-refractivity contribution in [3.05, 3.63) is 41.3 Å². The van der Waals surface area contributed by atoms with Crippen molar-refractivity contribution in [1.29, 1.82) is 0 Å². The van der Waals surface area contributed by atoms with Gasteiger partial charge in [-0.25, -0.2) is 14.5 Å². The maximum atomic E-state index is 13.3. The zero-order valence-corrected chi connectivity index (χ0v) is 21.0. The molecule has 2 aliphatic rings. The molecule has 35 heavy (non-hydrogen) atoms. The highest BCUT2D eigenvalue weighted by Crippen LogP contribution is 2.41. The van der Waals surface area contributed by atoms with Gasteiger partial charge in [0.25, 0.3) is 0 Å². The fourth-order valence-electron chi connectivity index (χ4n) is 5.24. The standard InChI is InChI=1S/C25H29N7O2S/c1-15-13-34-9-8-31(15)25(33)16-4-5-18-21(10-16)35-24-22(18)23(26-14-27-24)29-19-11-17-6-7-28-32(17)12-20(19)30(2)3/h6-7,11-12,14-16H,4-5,8-10,13H2,1-3H3,(H,26,27,29)/t15-,16+/m1/s1. The maximum absolute atomic E-state index is 13.3. The highest BCUT2D eigenvalue weighted by molar-refractivity contribution is 7.19. The quantitative estimate of drug-likeness (QED) is 0.467. The van der Waals surface area contributed by atoms with Crippen molar-refractivity contribution in [2.45, 2.75) is 32.2 Å². The van der Waals surface area contributed by atoms with E-state index in [1.807, 2.05) is 35.8 Å². The molecular formula is C25H29N7O2S. The van der Waals surface area contributed by atoms with E-state index in [0.717, 1.165) is 52.2 Å². The minimum Gasteiger partial charge on any atom is -0.377 e. The van der Waals surface area contributed by atoms with Crippen LogP contribution in [0.3, 0.4) is 0 Å². The van der Waals surface area contributed by atoms with E-state index in [1.54, 1.807) is 23.9 Å². The van der Waals surface area contributed by atoms with E-state index in [4.69, 9.17) is 4.74 Å². The molecule has 0 saturated carbocycles. The number of fused-ring (bicyclic) bond motifs is 4. The molecule has 10 heteroatoms. The number of rotatable bonds is 4. The number of aromatic nitrogens is 4. The molecule has 0 aromatic carbocycles. The lowest BCUT2D eigenvalue weighted by atomic mass is 9.86. The molecule has 1 amide bonds. The smallest absolute Gasteiger partial charge is 0.226 e. The average molecular weight is 492 g/mol. The molecule has 6 rings (SSSR count). The molecule has 0 spiro atoms. The summed E-state index contributed by atoms with van der Waals surface area (Å²) in [5.41, 5.74) is 4.27. The number of anilines is 3. The van der Waals surface area contributed by atoms with E-state index in [1.165, 1.54) is 10.4 Å². The number of amides is 1. The Morgan fingerprint density at radius 3 is 3.03 bits per heavy atom. The van der Waals surface area contributed by atoms with Crippen LogP contribution in [0.25, 0.3) is 15.7 Å². The van der Waals surface area contributed by atoms with Crippen molar-refractivity contribution in [2.75, 3.05) is 44.1 Å². The molecule has 0 bridgehead atoms. The number of morpholine rings is 1. The molecule has 0 radical (unpaired) electrons. The van der Waals surface area contributed by atoms with E-state index in [2.05, 4.69) is 38.3 Å². The fraction of sp³-hybridized carbons (Fsp3) is 0.440. The van der Waals surface area contributed by atoms with Crippen molar-refractivity contribution in [2.24, 2.45) is 5.92 Å². The number of pyridine rings is 1. The molecule has 1 fully saturated rings. The average Bonchev–Trinajstić information content (AvgIpc) is 3.47. The Bertz CT molecular complexity index is 1410. The number of hydrogen-bond donors (Lipinski definition) is 1. The van der Waals surface area contributed by atoms with Crippen LogP contribution in [0.4, 0.5) is 17.2 Å². The van der Waals surface area contributed by atoms with Gasteiger partial charge in [0, 0.05) is 37.6 Å². The second-order valence-corrected chi connectivity index (χ2v) is 10.7. The Labute approximate surface area is 207 Å². The lowest BCUT2D eigenvalue weighted by Gasteiger charge is -2.36. The molecule has 2 atom stereocenters. The third-order valence-electron chi connectivity index (χ3n) is 7.09. The molecule has 1 N–H and O–H groups in total. The first kappa shape index (κ1) is 22.2. The third-order valence-corrected chi connectivity index (χ3v) is 8.26. The van der Waals surface area contributed by atoms with Gasteiger partial charge in [-0.15, -0.1) is 11.3 Å². The third kappa shape index (κ3) is 3.90. The van der Waals surface area contributed by atoms with Gasteiger partial charge in [0.2, 0.25) is 5.91 Å². The lowest BCUT2D eigenvalue weighted by molar-refractivity contribution is -0.143. The van der Waals surface area contributed by atoms with Crippen LogP contribution in [0.1, 0.15) is 23.8 Å². The number of aryl methyl sites for hydroxylation is 1. The number of nitrogens with zero attached hydrogens (tertiary/aromatic N) is 6. The first-order valence-electron chi connectivity index (χ1n) is 12.0. The van der Waals surface area contributed by atoms with Crippen molar-refractivity contribution in [1.82, 2.24) is 24.5 Å². The van der Waals surface area contributed by atoms with Gasteiger partial charge in [-0.1, -0.05) is 0 Å². The summed E-state index contributed by atoms with van der Waals surface area (Å²) in [5.74, 6) is 1.09.